The average molecular weight is 143 g/mol. The molecule has 0 aromatic heterocycles. The van der Waals surface area contributed by atoms with Gasteiger partial charge in [0.15, 0.2) is 0 Å². The van der Waals surface area contributed by atoms with E-state index in [0.717, 1.165) is 0 Å². The van der Waals surface area contributed by atoms with E-state index in [9.17, 15) is 0 Å². The van der Waals surface area contributed by atoms with Gasteiger partial charge in [-0.1, -0.05) is 0 Å². The molecule has 0 aliphatic heterocycles. The van der Waals surface area contributed by atoms with E-state index in [4.69, 9.17) is 6.57 Å². The van der Waals surface area contributed by atoms with Crippen molar-refractivity contribution in [3.63, 3.8) is 0 Å². The molecule has 0 aliphatic carbocycles. The first-order valence-corrected chi connectivity index (χ1v) is 1.04. The van der Waals surface area contributed by atoms with Crippen LogP contribution in [0.4, 0.5) is 0 Å². The van der Waals surface area contributed by atoms with Crippen LogP contribution in [0.2, 0.25) is 0 Å². The van der Waals surface area contributed by atoms with Gasteiger partial charge in [0, 0.05) is 32.7 Å². The van der Waals surface area contributed by atoms with Crippen molar-refractivity contribution in [3.8, 4) is 0 Å². The van der Waals surface area contributed by atoms with Crippen LogP contribution in [0.25, 0.3) is 4.85 Å². The summed E-state index contributed by atoms with van der Waals surface area (Å²) < 4.78 is 0. The van der Waals surface area contributed by atoms with Gasteiger partial charge in [-0.15, -0.1) is 0 Å². The Morgan fingerprint density at radius 1 is 1.80 bits per heavy atom. The van der Waals surface area contributed by atoms with E-state index in [1.165, 1.54) is 0 Å². The van der Waals surface area contributed by atoms with E-state index in [-0.39, 0.29) is 32.7 Å². The second kappa shape index (κ2) is 8.82. The van der Waals surface area contributed by atoms with Crippen molar-refractivity contribution in [3.05, 3.63) is 18.3 Å². The first-order valence-electron chi connectivity index (χ1n) is 1.04. The Kier molecular flexibility index (Phi) is 16.1. The summed E-state index contributed by atoms with van der Waals surface area (Å²) in [5.41, 5.74) is 0. The summed E-state index contributed by atoms with van der Waals surface area (Å²) in [5.74, 6) is 0. The zero-order chi connectivity index (χ0) is 3.41. The van der Waals surface area contributed by atoms with Gasteiger partial charge in [-0.25, -0.2) is 6.57 Å². The topological polar surface area (TPSA) is 4.36 Å². The maximum Gasteiger partial charge on any atom is 0.0988 e. The summed E-state index contributed by atoms with van der Waals surface area (Å²) in [5, 5.41) is 0. The van der Waals surface area contributed by atoms with Crippen LogP contribution in [0.1, 0.15) is 0 Å². The fourth-order valence-electron chi connectivity index (χ4n) is 0. The van der Waals surface area contributed by atoms with Gasteiger partial charge in [0.25, 0.3) is 0 Å². The molecule has 0 aromatic carbocycles. The molecule has 0 rings (SSSR count). The van der Waals surface area contributed by atoms with Gasteiger partial charge in [0.05, 0.1) is 6.54 Å². The van der Waals surface area contributed by atoms with Gasteiger partial charge in [0.2, 0.25) is 0 Å². The molecule has 0 fully saturated rings. The van der Waals surface area contributed by atoms with Gasteiger partial charge in [-0.05, 0) is 0 Å². The van der Waals surface area contributed by atoms with Gasteiger partial charge < -0.3 is 4.85 Å². The standard InChI is InChI=1S/C3H4N.Y/c1-3-4-2;/h1,3H2;/q-1;. The largest absolute Gasteiger partial charge is 0.351 e. The third kappa shape index (κ3) is 12.2. The molecule has 0 amide bonds. The molecule has 0 saturated carbocycles. The Morgan fingerprint density at radius 2 is 2.00 bits per heavy atom. The minimum Gasteiger partial charge on any atom is -0.351 e. The van der Waals surface area contributed by atoms with Crippen molar-refractivity contribution in [2.45, 2.75) is 0 Å². The molecule has 0 atom stereocenters. The maximum atomic E-state index is 6.01. The molecule has 0 aliphatic rings. The van der Waals surface area contributed by atoms with Crippen molar-refractivity contribution in [1.82, 2.24) is 0 Å². The quantitative estimate of drug-likeness (QED) is 0.440. The molecule has 1 radical (unpaired) electrons. The summed E-state index contributed by atoms with van der Waals surface area (Å²) in [6, 6.07) is 0. The zero-order valence-corrected chi connectivity index (χ0v) is 5.78. The normalized spacial score (nSPS) is 4.00. The third-order valence-corrected chi connectivity index (χ3v) is 0.112. The van der Waals surface area contributed by atoms with E-state index in [1.54, 1.807) is 0 Å². The van der Waals surface area contributed by atoms with Crippen molar-refractivity contribution < 1.29 is 32.7 Å². The predicted octanol–water partition coefficient (Wildman–Crippen LogP) is 0.737. The maximum absolute atomic E-state index is 6.01. The van der Waals surface area contributed by atoms with Gasteiger partial charge in [0.1, 0.15) is 0 Å². The van der Waals surface area contributed by atoms with Crippen LogP contribution < -0.4 is 0 Å². The summed E-state index contributed by atoms with van der Waals surface area (Å²) in [4.78, 5) is 2.88. The first kappa shape index (κ1) is 9.14. The summed E-state index contributed by atoms with van der Waals surface area (Å²) in [7, 11) is 0. The van der Waals surface area contributed by atoms with Crippen molar-refractivity contribution in [2.75, 3.05) is 6.54 Å². The number of rotatable bonds is 0. The molecule has 25 valence electrons. The fraction of sp³-hybridized carbons (Fsp3) is 0.333. The van der Waals surface area contributed by atoms with Gasteiger partial charge in [-0.2, -0.15) is 0 Å². The molecule has 0 bridgehead atoms. The molecule has 0 spiro atoms. The summed E-state index contributed by atoms with van der Waals surface area (Å²) in [6.07, 6.45) is 0. The Labute approximate surface area is 57.5 Å². The molecular weight excluding hydrogens is 139 g/mol. The van der Waals surface area contributed by atoms with Crippen LogP contribution in [0, 0.1) is 13.5 Å². The SMILES string of the molecule is [C-]#[N+]C[CH2-].[Y]. The van der Waals surface area contributed by atoms with E-state index in [0.29, 0.717) is 6.54 Å². The van der Waals surface area contributed by atoms with Gasteiger partial charge >= 0.3 is 0 Å². The number of hydrogen-bond acceptors (Lipinski definition) is 0. The third-order valence-electron chi connectivity index (χ3n) is 0.112. The molecule has 0 N–H and O–H groups in total. The number of hydrogen-bond donors (Lipinski definition) is 0. The minimum absolute atomic E-state index is 0. The van der Waals surface area contributed by atoms with E-state index in [1.807, 2.05) is 0 Å². The van der Waals surface area contributed by atoms with Crippen molar-refractivity contribution in [1.29, 1.82) is 0 Å². The van der Waals surface area contributed by atoms with E-state index >= 15 is 0 Å². The van der Waals surface area contributed by atoms with Crippen molar-refractivity contribution >= 4 is 0 Å². The van der Waals surface area contributed by atoms with Crippen LogP contribution in [0.15, 0.2) is 0 Å². The van der Waals surface area contributed by atoms with Crippen LogP contribution in [-0.4, -0.2) is 6.54 Å². The Bertz CT molecular complexity index is 36.6. The molecule has 5 heavy (non-hydrogen) atoms. The Hall–Kier alpha value is 0.594. The molecule has 1 nitrogen and oxygen atoms in total. The van der Waals surface area contributed by atoms with Crippen LogP contribution in [0.3, 0.4) is 0 Å². The Morgan fingerprint density at radius 3 is 2.00 bits per heavy atom. The second-order valence-electron chi connectivity index (χ2n) is 0.382. The molecule has 0 unspecified atom stereocenters. The van der Waals surface area contributed by atoms with Crippen LogP contribution >= 0.6 is 0 Å². The zero-order valence-electron chi connectivity index (χ0n) is 2.94. The fourth-order valence-corrected chi connectivity index (χ4v) is 0. The molecular formula is C3H4NY-. The predicted molar refractivity (Wildman–Crippen MR) is 16.8 cm³/mol. The Balaban J connectivity index is 0. The van der Waals surface area contributed by atoms with E-state index in [2.05, 4.69) is 11.8 Å². The summed E-state index contributed by atoms with van der Waals surface area (Å²) in [6.45, 7) is 9.62. The van der Waals surface area contributed by atoms with Crippen molar-refractivity contribution in [2.24, 2.45) is 0 Å². The molecule has 0 aromatic rings. The number of nitrogens with zero attached hydrogens (tertiary/aromatic N) is 1. The van der Waals surface area contributed by atoms with Crippen LogP contribution in [-0.2, 0) is 32.7 Å². The summed E-state index contributed by atoms with van der Waals surface area (Å²) >= 11 is 0. The van der Waals surface area contributed by atoms with Crippen LogP contribution in [0.5, 0.6) is 0 Å². The van der Waals surface area contributed by atoms with Gasteiger partial charge in [-0.3, -0.25) is 6.92 Å². The smallest absolute Gasteiger partial charge is 0.0988 e. The first-order chi connectivity index (χ1) is 1.91. The molecule has 0 saturated heterocycles. The second-order valence-corrected chi connectivity index (χ2v) is 0.382. The minimum atomic E-state index is 0. The molecule has 2 heteroatoms. The molecule has 0 heterocycles. The average Bonchev–Trinajstić information content (AvgIpc) is 1.37. The van der Waals surface area contributed by atoms with E-state index < -0.39 is 0 Å². The monoisotopic (exact) mass is 143 g/mol.